The monoisotopic (exact) mass is 432 g/mol. The van der Waals surface area contributed by atoms with Crippen LogP contribution in [0.1, 0.15) is 36.9 Å². The van der Waals surface area contributed by atoms with E-state index in [1.165, 1.54) is 9.71 Å². The third kappa shape index (κ3) is 5.92. The summed E-state index contributed by atoms with van der Waals surface area (Å²) < 4.78 is 26.6. The molecule has 0 aliphatic carbocycles. The Morgan fingerprint density at radius 3 is 2.48 bits per heavy atom. The Kier molecular flexibility index (Phi) is 7.11. The summed E-state index contributed by atoms with van der Waals surface area (Å²) in [5.41, 5.74) is 1.78. The van der Waals surface area contributed by atoms with Gasteiger partial charge in [0.2, 0.25) is 15.9 Å². The Morgan fingerprint density at radius 2 is 1.83 bits per heavy atom. The minimum absolute atomic E-state index is 0.0469. The quantitative estimate of drug-likeness (QED) is 0.742. The second-order valence-electron chi connectivity index (χ2n) is 7.22. The lowest BCUT2D eigenvalue weighted by molar-refractivity contribution is -0.126. The number of sulfonamides is 1. The lowest BCUT2D eigenvalue weighted by Crippen LogP contribution is -2.42. The number of benzene rings is 2. The maximum absolute atomic E-state index is 12.6. The van der Waals surface area contributed by atoms with Crippen LogP contribution in [0.3, 0.4) is 0 Å². The van der Waals surface area contributed by atoms with E-state index in [2.05, 4.69) is 5.32 Å². The normalized spacial score (nSPS) is 17.3. The lowest BCUT2D eigenvalue weighted by atomic mass is 9.96. The second kappa shape index (κ2) is 9.57. The van der Waals surface area contributed by atoms with Gasteiger partial charge in [-0.25, -0.2) is 8.42 Å². The number of hydrogen-bond donors (Lipinski definition) is 1. The number of nitrogens with one attached hydrogen (secondary N) is 1. The molecule has 2 aromatic rings. The van der Waals surface area contributed by atoms with Crippen LogP contribution in [0.15, 0.2) is 60.0 Å². The van der Waals surface area contributed by atoms with Crippen molar-refractivity contribution < 1.29 is 13.2 Å². The first-order valence-electron chi connectivity index (χ1n) is 9.64. The zero-order chi connectivity index (χ0) is 20.9. The molecule has 154 valence electrons. The van der Waals surface area contributed by atoms with E-state index in [4.69, 9.17) is 11.6 Å². The number of nitrogens with zero attached hydrogens (tertiary/aromatic N) is 1. The molecule has 0 unspecified atom stereocenters. The summed E-state index contributed by atoms with van der Waals surface area (Å²) in [6, 6.07) is 16.6. The standard InChI is InChI=1S/C22H25ClN2O3S/c1-17(20-8-5-9-21(23)16-20)24-22(26)19-10-13-25(14-11-19)29(27,28)15-12-18-6-3-2-4-7-18/h2-9,12,15-17,19H,10-11,13-14H2,1H3,(H,24,26)/b15-12-/t17-/m1/s1. The molecule has 29 heavy (non-hydrogen) atoms. The van der Waals surface area contributed by atoms with Crippen LogP contribution in [0.5, 0.6) is 0 Å². The van der Waals surface area contributed by atoms with Crippen LogP contribution < -0.4 is 5.32 Å². The van der Waals surface area contributed by atoms with Crippen molar-refractivity contribution in [1.82, 2.24) is 9.62 Å². The van der Waals surface area contributed by atoms with Crippen molar-refractivity contribution >= 4 is 33.6 Å². The molecule has 1 N–H and O–H groups in total. The molecular weight excluding hydrogens is 408 g/mol. The summed E-state index contributed by atoms with van der Waals surface area (Å²) in [6.07, 6.45) is 2.61. The Bertz CT molecular complexity index is 969. The van der Waals surface area contributed by atoms with E-state index in [1.54, 1.807) is 12.1 Å². The van der Waals surface area contributed by atoms with Crippen molar-refractivity contribution in [2.24, 2.45) is 5.92 Å². The van der Waals surface area contributed by atoms with Crippen molar-refractivity contribution in [1.29, 1.82) is 0 Å². The van der Waals surface area contributed by atoms with Crippen LogP contribution in [-0.2, 0) is 14.8 Å². The van der Waals surface area contributed by atoms with Crippen molar-refractivity contribution in [3.05, 3.63) is 76.2 Å². The molecule has 1 heterocycles. The fourth-order valence-corrected chi connectivity index (χ4v) is 4.80. The lowest BCUT2D eigenvalue weighted by Gasteiger charge is -2.30. The maximum Gasteiger partial charge on any atom is 0.236 e. The Balaban J connectivity index is 1.54. The average molecular weight is 433 g/mol. The molecule has 0 bridgehead atoms. The summed E-state index contributed by atoms with van der Waals surface area (Å²) in [6.45, 7) is 2.59. The zero-order valence-corrected chi connectivity index (χ0v) is 17.9. The molecule has 7 heteroatoms. The van der Waals surface area contributed by atoms with E-state index in [0.29, 0.717) is 31.0 Å². The Hall–Kier alpha value is -2.15. The SMILES string of the molecule is C[C@@H](NC(=O)C1CCN(S(=O)(=O)/C=C\c2ccccc2)CC1)c1cccc(Cl)c1. The molecule has 3 rings (SSSR count). The van der Waals surface area contributed by atoms with Crippen molar-refractivity contribution in [2.75, 3.05) is 13.1 Å². The van der Waals surface area contributed by atoms with Crippen LogP contribution in [0.25, 0.3) is 6.08 Å². The summed E-state index contributed by atoms with van der Waals surface area (Å²) >= 11 is 6.02. The zero-order valence-electron chi connectivity index (χ0n) is 16.3. The number of hydrogen-bond acceptors (Lipinski definition) is 3. The van der Waals surface area contributed by atoms with Crippen LogP contribution in [-0.4, -0.2) is 31.7 Å². The highest BCUT2D eigenvalue weighted by molar-refractivity contribution is 7.92. The van der Waals surface area contributed by atoms with Gasteiger partial charge in [0.15, 0.2) is 0 Å². The summed E-state index contributed by atoms with van der Waals surface area (Å²) in [4.78, 5) is 12.6. The molecular formula is C22H25ClN2O3S. The van der Waals surface area contributed by atoms with E-state index in [9.17, 15) is 13.2 Å². The van der Waals surface area contributed by atoms with Crippen LogP contribution in [0.2, 0.25) is 5.02 Å². The molecule has 1 aliphatic heterocycles. The highest BCUT2D eigenvalue weighted by Gasteiger charge is 2.30. The molecule has 0 aromatic heterocycles. The summed E-state index contributed by atoms with van der Waals surface area (Å²) in [5.74, 6) is -0.240. The van der Waals surface area contributed by atoms with Gasteiger partial charge in [-0.05, 0) is 49.1 Å². The van der Waals surface area contributed by atoms with Crippen LogP contribution in [0.4, 0.5) is 0 Å². The number of piperidine rings is 1. The predicted octanol–water partition coefficient (Wildman–Crippen LogP) is 4.23. The molecule has 1 saturated heterocycles. The maximum atomic E-state index is 12.6. The number of carbonyl (C=O) groups excluding carboxylic acids is 1. The van der Waals surface area contributed by atoms with E-state index in [-0.39, 0.29) is 17.9 Å². The molecule has 2 aromatic carbocycles. The van der Waals surface area contributed by atoms with Gasteiger partial charge in [-0.1, -0.05) is 54.1 Å². The molecule has 0 spiro atoms. The molecule has 5 nitrogen and oxygen atoms in total. The van der Waals surface area contributed by atoms with Gasteiger partial charge in [0.25, 0.3) is 0 Å². The van der Waals surface area contributed by atoms with Gasteiger partial charge in [0, 0.05) is 29.4 Å². The first-order valence-corrected chi connectivity index (χ1v) is 11.5. The highest BCUT2D eigenvalue weighted by atomic mass is 35.5. The third-order valence-electron chi connectivity index (χ3n) is 5.12. The van der Waals surface area contributed by atoms with E-state index in [0.717, 1.165) is 11.1 Å². The number of rotatable bonds is 6. The summed E-state index contributed by atoms with van der Waals surface area (Å²) in [5, 5.41) is 4.88. The molecule has 1 fully saturated rings. The van der Waals surface area contributed by atoms with E-state index >= 15 is 0 Å². The number of halogens is 1. The molecule has 0 radical (unpaired) electrons. The highest BCUT2D eigenvalue weighted by Crippen LogP contribution is 2.23. The molecule has 1 aliphatic rings. The first-order chi connectivity index (χ1) is 13.8. The van der Waals surface area contributed by atoms with Gasteiger partial charge in [-0.15, -0.1) is 0 Å². The Labute approximate surface area is 177 Å². The van der Waals surface area contributed by atoms with Crippen LogP contribution in [0, 0.1) is 5.92 Å². The predicted molar refractivity (Wildman–Crippen MR) is 117 cm³/mol. The number of amides is 1. The second-order valence-corrected chi connectivity index (χ2v) is 9.47. The van der Waals surface area contributed by atoms with Gasteiger partial charge >= 0.3 is 0 Å². The Morgan fingerprint density at radius 1 is 1.14 bits per heavy atom. The number of carbonyl (C=O) groups is 1. The van der Waals surface area contributed by atoms with Gasteiger partial charge in [-0.2, -0.15) is 4.31 Å². The first kappa shape index (κ1) is 21.6. The largest absolute Gasteiger partial charge is 0.349 e. The minimum atomic E-state index is -3.50. The van der Waals surface area contributed by atoms with Crippen molar-refractivity contribution in [2.45, 2.75) is 25.8 Å². The molecule has 0 saturated carbocycles. The average Bonchev–Trinajstić information content (AvgIpc) is 2.73. The topological polar surface area (TPSA) is 66.5 Å². The third-order valence-corrected chi connectivity index (χ3v) is 6.92. The van der Waals surface area contributed by atoms with Crippen molar-refractivity contribution in [3.63, 3.8) is 0 Å². The molecule has 1 amide bonds. The van der Waals surface area contributed by atoms with E-state index < -0.39 is 10.0 Å². The van der Waals surface area contributed by atoms with Gasteiger partial charge < -0.3 is 5.32 Å². The summed E-state index contributed by atoms with van der Waals surface area (Å²) in [7, 11) is -3.50. The van der Waals surface area contributed by atoms with Gasteiger partial charge in [-0.3, -0.25) is 4.79 Å². The fraction of sp³-hybridized carbons (Fsp3) is 0.318. The van der Waals surface area contributed by atoms with E-state index in [1.807, 2.05) is 55.5 Å². The van der Waals surface area contributed by atoms with Crippen LogP contribution >= 0.6 is 11.6 Å². The molecule has 1 atom stereocenters. The fourth-order valence-electron chi connectivity index (χ4n) is 3.38. The van der Waals surface area contributed by atoms with Gasteiger partial charge in [0.05, 0.1) is 6.04 Å². The smallest absolute Gasteiger partial charge is 0.236 e. The van der Waals surface area contributed by atoms with Gasteiger partial charge in [0.1, 0.15) is 0 Å². The van der Waals surface area contributed by atoms with Crippen molar-refractivity contribution in [3.8, 4) is 0 Å². The minimum Gasteiger partial charge on any atom is -0.349 e.